The van der Waals surface area contributed by atoms with Crippen molar-refractivity contribution in [3.63, 3.8) is 0 Å². The van der Waals surface area contributed by atoms with Crippen LogP contribution in [0.4, 0.5) is 5.69 Å². The van der Waals surface area contributed by atoms with Crippen LogP contribution < -0.4 is 15.8 Å². The van der Waals surface area contributed by atoms with E-state index < -0.39 is 0 Å². The monoisotopic (exact) mass is 366 g/mol. The van der Waals surface area contributed by atoms with Gasteiger partial charge in [0.2, 0.25) is 5.91 Å². The van der Waals surface area contributed by atoms with Gasteiger partial charge in [-0.1, -0.05) is 18.7 Å². The molecule has 24 heavy (non-hydrogen) atoms. The third-order valence-electron chi connectivity index (χ3n) is 3.62. The van der Waals surface area contributed by atoms with Crippen molar-refractivity contribution < 1.29 is 9.53 Å². The number of amides is 1. The number of halogens is 1. The van der Waals surface area contributed by atoms with Crippen molar-refractivity contribution >= 4 is 35.8 Å². The van der Waals surface area contributed by atoms with Crippen molar-refractivity contribution in [2.45, 2.75) is 29.7 Å². The highest BCUT2D eigenvalue weighted by Gasteiger charge is 2.16. The fourth-order valence-corrected chi connectivity index (χ4v) is 2.70. The fraction of sp³-hybridized carbons (Fsp3) is 0.278. The first kappa shape index (κ1) is 20.4. The Balaban J connectivity index is 0.00000288. The second-order valence-electron chi connectivity index (χ2n) is 5.44. The normalized spacial score (nSPS) is 12.7. The zero-order chi connectivity index (χ0) is 16.8. The SMILES string of the molecule is COc1ccc(Sc2ccc(NC(=O)C(C)C(C)N)cc2)cc1.Cl. The van der Waals surface area contributed by atoms with E-state index in [0.29, 0.717) is 0 Å². The van der Waals surface area contributed by atoms with E-state index in [2.05, 4.69) is 5.32 Å². The summed E-state index contributed by atoms with van der Waals surface area (Å²) in [6.45, 7) is 3.66. The van der Waals surface area contributed by atoms with Crippen molar-refractivity contribution in [3.05, 3.63) is 48.5 Å². The van der Waals surface area contributed by atoms with E-state index in [4.69, 9.17) is 10.5 Å². The van der Waals surface area contributed by atoms with Gasteiger partial charge in [-0.25, -0.2) is 0 Å². The topological polar surface area (TPSA) is 64.3 Å². The molecule has 0 saturated heterocycles. The Labute approximate surface area is 153 Å². The van der Waals surface area contributed by atoms with E-state index >= 15 is 0 Å². The number of hydrogen-bond donors (Lipinski definition) is 2. The van der Waals surface area contributed by atoms with Gasteiger partial charge in [0.1, 0.15) is 5.75 Å². The Kier molecular flexibility index (Phi) is 8.11. The molecule has 0 heterocycles. The van der Waals surface area contributed by atoms with E-state index in [1.54, 1.807) is 18.9 Å². The van der Waals surface area contributed by atoms with Crippen LogP contribution in [0.5, 0.6) is 5.75 Å². The summed E-state index contributed by atoms with van der Waals surface area (Å²) in [5.74, 6) is 0.564. The summed E-state index contributed by atoms with van der Waals surface area (Å²) in [5.41, 5.74) is 6.53. The summed E-state index contributed by atoms with van der Waals surface area (Å²) in [6.07, 6.45) is 0. The van der Waals surface area contributed by atoms with Crippen LogP contribution in [-0.2, 0) is 4.79 Å². The first-order chi connectivity index (χ1) is 11.0. The van der Waals surface area contributed by atoms with Gasteiger partial charge in [-0.3, -0.25) is 4.79 Å². The molecule has 3 N–H and O–H groups in total. The molecular weight excluding hydrogens is 344 g/mol. The number of nitrogens with one attached hydrogen (secondary N) is 1. The highest BCUT2D eigenvalue weighted by molar-refractivity contribution is 7.99. The number of rotatable bonds is 6. The smallest absolute Gasteiger partial charge is 0.228 e. The second-order valence-corrected chi connectivity index (χ2v) is 6.59. The lowest BCUT2D eigenvalue weighted by Gasteiger charge is -2.15. The zero-order valence-electron chi connectivity index (χ0n) is 14.0. The first-order valence-electron chi connectivity index (χ1n) is 7.48. The van der Waals surface area contributed by atoms with Crippen LogP contribution in [0.2, 0.25) is 0 Å². The maximum atomic E-state index is 12.0. The van der Waals surface area contributed by atoms with Crippen molar-refractivity contribution in [2.24, 2.45) is 11.7 Å². The van der Waals surface area contributed by atoms with Crippen molar-refractivity contribution in [1.29, 1.82) is 0 Å². The summed E-state index contributed by atoms with van der Waals surface area (Å²) in [6, 6.07) is 15.5. The number of methoxy groups -OCH3 is 1. The van der Waals surface area contributed by atoms with Gasteiger partial charge in [0.05, 0.1) is 13.0 Å². The van der Waals surface area contributed by atoms with E-state index in [0.717, 1.165) is 21.2 Å². The van der Waals surface area contributed by atoms with E-state index in [1.165, 1.54) is 0 Å². The molecule has 2 aromatic rings. The Morgan fingerprint density at radius 1 is 1.04 bits per heavy atom. The van der Waals surface area contributed by atoms with Gasteiger partial charge < -0.3 is 15.8 Å². The predicted molar refractivity (Wildman–Crippen MR) is 102 cm³/mol. The van der Waals surface area contributed by atoms with Crippen LogP contribution in [-0.4, -0.2) is 19.1 Å². The Hall–Kier alpha value is -1.69. The van der Waals surface area contributed by atoms with Crippen LogP contribution in [0.25, 0.3) is 0 Å². The Bertz CT molecular complexity index is 645. The maximum Gasteiger partial charge on any atom is 0.228 e. The average molecular weight is 367 g/mol. The first-order valence-corrected chi connectivity index (χ1v) is 8.29. The third kappa shape index (κ3) is 5.74. The van der Waals surface area contributed by atoms with Gasteiger partial charge in [0.25, 0.3) is 0 Å². The number of nitrogens with two attached hydrogens (primary N) is 1. The standard InChI is InChI=1S/C18H22N2O2S.ClH/c1-12(13(2)19)18(21)20-14-4-8-16(9-5-14)23-17-10-6-15(22-3)7-11-17;/h4-13H,19H2,1-3H3,(H,20,21);1H. The molecule has 0 fully saturated rings. The van der Waals surface area contributed by atoms with Crippen LogP contribution in [0.3, 0.4) is 0 Å². The van der Waals surface area contributed by atoms with Crippen molar-refractivity contribution in [3.8, 4) is 5.75 Å². The second kappa shape index (κ2) is 9.57. The molecule has 2 aromatic carbocycles. The molecule has 0 aliphatic carbocycles. The molecule has 0 aliphatic heterocycles. The van der Waals surface area contributed by atoms with E-state index in [-0.39, 0.29) is 30.3 Å². The predicted octanol–water partition coefficient (Wildman–Crippen LogP) is 4.19. The quantitative estimate of drug-likeness (QED) is 0.804. The highest BCUT2D eigenvalue weighted by atomic mass is 35.5. The molecule has 2 rings (SSSR count). The summed E-state index contributed by atoms with van der Waals surface area (Å²) >= 11 is 1.66. The van der Waals surface area contributed by atoms with Crippen LogP contribution in [0, 0.1) is 5.92 Å². The Morgan fingerprint density at radius 3 is 2.00 bits per heavy atom. The maximum absolute atomic E-state index is 12.0. The van der Waals surface area contributed by atoms with E-state index in [1.807, 2.05) is 62.4 Å². The number of hydrogen-bond acceptors (Lipinski definition) is 4. The molecular formula is C18H23ClN2O2S. The van der Waals surface area contributed by atoms with E-state index in [9.17, 15) is 4.79 Å². The lowest BCUT2D eigenvalue weighted by atomic mass is 10.0. The molecule has 6 heteroatoms. The highest BCUT2D eigenvalue weighted by Crippen LogP contribution is 2.29. The molecule has 0 bridgehead atoms. The van der Waals surface area contributed by atoms with Crippen LogP contribution in [0.15, 0.2) is 58.3 Å². The number of anilines is 1. The number of carbonyl (C=O) groups is 1. The van der Waals surface area contributed by atoms with Gasteiger partial charge >= 0.3 is 0 Å². The summed E-state index contributed by atoms with van der Waals surface area (Å²) in [7, 11) is 1.65. The van der Waals surface area contributed by atoms with Gasteiger partial charge in [-0.05, 0) is 55.5 Å². The van der Waals surface area contributed by atoms with Crippen molar-refractivity contribution in [2.75, 3.05) is 12.4 Å². The summed E-state index contributed by atoms with van der Waals surface area (Å²) < 4.78 is 5.15. The molecule has 0 spiro atoms. The molecule has 0 saturated carbocycles. The van der Waals surface area contributed by atoms with Gasteiger partial charge in [-0.2, -0.15) is 0 Å². The van der Waals surface area contributed by atoms with Gasteiger partial charge in [-0.15, -0.1) is 12.4 Å². The molecule has 2 atom stereocenters. The number of carbonyl (C=O) groups excluding carboxylic acids is 1. The molecule has 0 aliphatic rings. The van der Waals surface area contributed by atoms with Gasteiger partial charge in [0.15, 0.2) is 0 Å². The van der Waals surface area contributed by atoms with Crippen LogP contribution >= 0.6 is 24.2 Å². The molecule has 2 unspecified atom stereocenters. The third-order valence-corrected chi connectivity index (χ3v) is 4.63. The summed E-state index contributed by atoms with van der Waals surface area (Å²) in [5, 5.41) is 2.88. The number of benzene rings is 2. The molecule has 0 aromatic heterocycles. The molecule has 4 nitrogen and oxygen atoms in total. The molecule has 130 valence electrons. The van der Waals surface area contributed by atoms with Crippen molar-refractivity contribution in [1.82, 2.24) is 0 Å². The fourth-order valence-electron chi connectivity index (χ4n) is 1.88. The molecule has 0 radical (unpaired) electrons. The lowest BCUT2D eigenvalue weighted by molar-refractivity contribution is -0.119. The van der Waals surface area contributed by atoms with Crippen LogP contribution in [0.1, 0.15) is 13.8 Å². The zero-order valence-corrected chi connectivity index (χ0v) is 15.6. The average Bonchev–Trinajstić information content (AvgIpc) is 2.56. The minimum atomic E-state index is -0.219. The molecule has 1 amide bonds. The van der Waals surface area contributed by atoms with Gasteiger partial charge in [0, 0.05) is 21.5 Å². The lowest BCUT2D eigenvalue weighted by Crippen LogP contribution is -2.34. The Morgan fingerprint density at radius 2 is 1.54 bits per heavy atom. The summed E-state index contributed by atoms with van der Waals surface area (Å²) in [4.78, 5) is 14.2. The minimum absolute atomic E-state index is 0. The largest absolute Gasteiger partial charge is 0.497 e. The number of ether oxygens (including phenoxy) is 1. The minimum Gasteiger partial charge on any atom is -0.497 e.